The van der Waals surface area contributed by atoms with Crippen LogP contribution in [0.4, 0.5) is 0 Å². The zero-order valence-electron chi connectivity index (χ0n) is 14.2. The number of carbonyl (C=O) groups is 1. The molecule has 1 amide bonds. The number of nitrogens with two attached hydrogens (primary N) is 1. The Morgan fingerprint density at radius 2 is 1.92 bits per heavy atom. The summed E-state index contributed by atoms with van der Waals surface area (Å²) < 4.78 is 0. The zero-order chi connectivity index (χ0) is 18.3. The number of oxime groups is 1. The van der Waals surface area contributed by atoms with Crippen LogP contribution in [0, 0.1) is 0 Å². The molecular weight excluding hydrogens is 350 g/mol. The van der Waals surface area contributed by atoms with Gasteiger partial charge in [0.2, 0.25) is 5.91 Å². The summed E-state index contributed by atoms with van der Waals surface area (Å²) >= 11 is 6.04. The Balaban J connectivity index is 1.92. The number of nitrogens with zero attached hydrogens (tertiary/aromatic N) is 2. The van der Waals surface area contributed by atoms with Crippen molar-refractivity contribution >= 4 is 28.9 Å². The van der Waals surface area contributed by atoms with Gasteiger partial charge in [0, 0.05) is 16.1 Å². The van der Waals surface area contributed by atoms with Crippen molar-refractivity contribution in [3.8, 4) is 0 Å². The van der Waals surface area contributed by atoms with Gasteiger partial charge in [0.15, 0.2) is 6.10 Å². The summed E-state index contributed by atoms with van der Waals surface area (Å²) in [5.74, 6) is -0.462. The topological polar surface area (TPSA) is 77.0 Å². The molecule has 2 aromatic carbocycles. The molecule has 4 rings (SSSR count). The van der Waals surface area contributed by atoms with E-state index in [-0.39, 0.29) is 18.4 Å². The molecule has 2 aromatic rings. The smallest absolute Gasteiger partial charge is 0.219 e. The molecule has 3 atom stereocenters. The van der Waals surface area contributed by atoms with E-state index in [9.17, 15) is 4.79 Å². The molecule has 0 fully saturated rings. The highest BCUT2D eigenvalue weighted by molar-refractivity contribution is 6.30. The maximum absolute atomic E-state index is 11.7. The minimum atomic E-state index is -0.410. The number of amides is 1. The Kier molecular flexibility index (Phi) is 4.24. The lowest BCUT2D eigenvalue weighted by Crippen LogP contribution is -2.34. The average molecular weight is 368 g/mol. The fourth-order valence-electron chi connectivity index (χ4n) is 3.69. The van der Waals surface area contributed by atoms with Gasteiger partial charge in [0.25, 0.3) is 0 Å². The molecule has 0 radical (unpaired) electrons. The lowest BCUT2D eigenvalue weighted by Gasteiger charge is -2.21. The van der Waals surface area contributed by atoms with E-state index in [0.717, 1.165) is 28.1 Å². The predicted molar refractivity (Wildman–Crippen MR) is 102 cm³/mol. The molecule has 0 saturated heterocycles. The molecule has 2 aliphatic rings. The summed E-state index contributed by atoms with van der Waals surface area (Å²) in [4.78, 5) is 22.2. The lowest BCUT2D eigenvalue weighted by atomic mass is 9.83. The van der Waals surface area contributed by atoms with Crippen molar-refractivity contribution in [2.24, 2.45) is 15.9 Å². The number of aliphatic imine (C=N–C) groups is 1. The number of hydrogen-bond acceptors (Lipinski definition) is 4. The molecule has 0 spiro atoms. The molecule has 2 N–H and O–H groups in total. The maximum atomic E-state index is 11.7. The van der Waals surface area contributed by atoms with E-state index in [0.29, 0.717) is 5.02 Å². The Morgan fingerprint density at radius 3 is 2.65 bits per heavy atom. The molecule has 0 aromatic heterocycles. The number of benzene rings is 2. The van der Waals surface area contributed by atoms with E-state index in [1.54, 1.807) is 0 Å². The van der Waals surface area contributed by atoms with Crippen LogP contribution in [-0.2, 0) is 9.63 Å². The second-order valence-electron chi connectivity index (χ2n) is 6.59. The first-order valence-electron chi connectivity index (χ1n) is 8.46. The molecule has 2 unspecified atom stereocenters. The number of rotatable bonds is 3. The molecule has 0 aliphatic carbocycles. The fraction of sp³-hybridized carbons (Fsp3) is 0.250. The SMILES string of the molecule is CC1=NOC2C1c1ccccc1C(c1ccc(Cl)cc1)=N[C@H]2CC(N)=O. The lowest BCUT2D eigenvalue weighted by molar-refractivity contribution is -0.119. The van der Waals surface area contributed by atoms with Gasteiger partial charge in [-0.25, -0.2) is 0 Å². The van der Waals surface area contributed by atoms with Gasteiger partial charge in [-0.2, -0.15) is 0 Å². The summed E-state index contributed by atoms with van der Waals surface area (Å²) in [7, 11) is 0. The van der Waals surface area contributed by atoms with Crippen LogP contribution in [0.25, 0.3) is 0 Å². The average Bonchev–Trinajstić information content (AvgIpc) is 2.94. The Morgan fingerprint density at radius 1 is 1.19 bits per heavy atom. The first-order chi connectivity index (χ1) is 12.5. The van der Waals surface area contributed by atoms with E-state index in [2.05, 4.69) is 11.2 Å². The van der Waals surface area contributed by atoms with Gasteiger partial charge < -0.3 is 10.6 Å². The molecule has 6 heteroatoms. The standard InChI is InChI=1S/C20H18ClN3O2/c1-11-18-14-4-2-3-5-15(14)19(12-6-8-13(21)9-7-12)23-16(10-17(22)25)20(18)26-24-11/h2-9,16,18,20H,10H2,1H3,(H2,22,25)/t16-,18?,20?/m0/s1. The number of carbonyl (C=O) groups excluding carboxylic acids is 1. The Labute approximate surface area is 156 Å². The predicted octanol–water partition coefficient (Wildman–Crippen LogP) is 3.29. The first-order valence-corrected chi connectivity index (χ1v) is 8.84. The second kappa shape index (κ2) is 6.57. The molecular formula is C20H18ClN3O2. The molecule has 132 valence electrons. The van der Waals surface area contributed by atoms with Crippen molar-refractivity contribution in [3.63, 3.8) is 0 Å². The summed E-state index contributed by atoms with van der Waals surface area (Å²) in [5.41, 5.74) is 10.2. The summed E-state index contributed by atoms with van der Waals surface area (Å²) in [6, 6.07) is 15.2. The number of halogens is 1. The fourth-order valence-corrected chi connectivity index (χ4v) is 3.82. The third-order valence-electron chi connectivity index (χ3n) is 4.85. The Hall–Kier alpha value is -2.66. The molecule has 5 nitrogen and oxygen atoms in total. The zero-order valence-corrected chi connectivity index (χ0v) is 15.0. The van der Waals surface area contributed by atoms with Crippen LogP contribution in [0.3, 0.4) is 0 Å². The number of primary amides is 1. The third-order valence-corrected chi connectivity index (χ3v) is 5.10. The van der Waals surface area contributed by atoms with Crippen LogP contribution in [0.2, 0.25) is 5.02 Å². The molecule has 0 saturated carbocycles. The molecule has 2 aliphatic heterocycles. The molecule has 26 heavy (non-hydrogen) atoms. The monoisotopic (exact) mass is 367 g/mol. The van der Waals surface area contributed by atoms with Crippen LogP contribution in [0.15, 0.2) is 58.7 Å². The van der Waals surface area contributed by atoms with Crippen molar-refractivity contribution in [3.05, 3.63) is 70.2 Å². The van der Waals surface area contributed by atoms with E-state index < -0.39 is 11.9 Å². The van der Waals surface area contributed by atoms with Gasteiger partial charge in [0.1, 0.15) is 0 Å². The van der Waals surface area contributed by atoms with Gasteiger partial charge in [-0.05, 0) is 24.6 Å². The summed E-state index contributed by atoms with van der Waals surface area (Å²) in [5, 5.41) is 4.83. The van der Waals surface area contributed by atoms with E-state index in [1.165, 1.54) is 0 Å². The van der Waals surface area contributed by atoms with Crippen molar-refractivity contribution in [2.75, 3.05) is 0 Å². The van der Waals surface area contributed by atoms with E-state index in [4.69, 9.17) is 27.2 Å². The number of hydrogen-bond donors (Lipinski definition) is 1. The first kappa shape index (κ1) is 16.8. The largest absolute Gasteiger partial charge is 0.389 e. The highest BCUT2D eigenvalue weighted by atomic mass is 35.5. The van der Waals surface area contributed by atoms with Crippen LogP contribution in [-0.4, -0.2) is 29.5 Å². The van der Waals surface area contributed by atoms with Crippen molar-refractivity contribution < 1.29 is 9.63 Å². The highest BCUT2D eigenvalue weighted by Crippen LogP contribution is 2.38. The van der Waals surface area contributed by atoms with Crippen molar-refractivity contribution in [2.45, 2.75) is 31.4 Å². The third kappa shape index (κ3) is 2.88. The molecule has 0 bridgehead atoms. The quantitative estimate of drug-likeness (QED) is 0.903. The van der Waals surface area contributed by atoms with Gasteiger partial charge in [0.05, 0.1) is 29.8 Å². The van der Waals surface area contributed by atoms with E-state index >= 15 is 0 Å². The summed E-state index contributed by atoms with van der Waals surface area (Å²) in [6.45, 7) is 1.94. The Bertz CT molecular complexity index is 921. The maximum Gasteiger partial charge on any atom is 0.219 e. The number of fused-ring (bicyclic) bond motifs is 3. The van der Waals surface area contributed by atoms with Gasteiger partial charge in [-0.15, -0.1) is 0 Å². The van der Waals surface area contributed by atoms with E-state index in [1.807, 2.05) is 49.4 Å². The minimum Gasteiger partial charge on any atom is -0.389 e. The van der Waals surface area contributed by atoms with Gasteiger partial charge >= 0.3 is 0 Å². The van der Waals surface area contributed by atoms with Crippen LogP contribution in [0.5, 0.6) is 0 Å². The van der Waals surface area contributed by atoms with Crippen LogP contribution in [0.1, 0.15) is 36.0 Å². The van der Waals surface area contributed by atoms with Crippen molar-refractivity contribution in [1.29, 1.82) is 0 Å². The van der Waals surface area contributed by atoms with Crippen LogP contribution >= 0.6 is 11.6 Å². The van der Waals surface area contributed by atoms with Crippen molar-refractivity contribution in [1.82, 2.24) is 0 Å². The second-order valence-corrected chi connectivity index (χ2v) is 7.03. The van der Waals surface area contributed by atoms with Gasteiger partial charge in [-0.3, -0.25) is 9.79 Å². The normalized spacial score (nSPS) is 23.8. The van der Waals surface area contributed by atoms with Crippen LogP contribution < -0.4 is 5.73 Å². The molecule has 2 heterocycles. The highest BCUT2D eigenvalue weighted by Gasteiger charge is 2.43. The van der Waals surface area contributed by atoms with Gasteiger partial charge in [-0.1, -0.05) is 53.2 Å². The minimum absolute atomic E-state index is 0.0518. The summed E-state index contributed by atoms with van der Waals surface area (Å²) in [6.07, 6.45) is -0.233.